The lowest BCUT2D eigenvalue weighted by molar-refractivity contribution is -0.152. The first kappa shape index (κ1) is 12.1. The van der Waals surface area contributed by atoms with Gasteiger partial charge in [-0.2, -0.15) is 0 Å². The Morgan fingerprint density at radius 1 is 1.59 bits per heavy atom. The maximum Gasteiger partial charge on any atom is 0.310 e. The van der Waals surface area contributed by atoms with Crippen molar-refractivity contribution in [2.45, 2.75) is 46.0 Å². The number of aryl methyl sites for hydroxylation is 1. The van der Waals surface area contributed by atoms with Crippen LogP contribution >= 0.6 is 0 Å². The van der Waals surface area contributed by atoms with Crippen molar-refractivity contribution in [3.8, 4) is 0 Å². The number of aliphatic carboxylic acids is 1. The lowest BCUT2D eigenvalue weighted by atomic mass is 9.67. The first-order valence-corrected chi connectivity index (χ1v) is 6.05. The molecule has 0 aliphatic heterocycles. The molecule has 5 heteroatoms. The van der Waals surface area contributed by atoms with Gasteiger partial charge < -0.3 is 5.11 Å². The fraction of sp³-hybridized carbons (Fsp3) is 0.750. The molecule has 1 fully saturated rings. The predicted octanol–water partition coefficient (Wildman–Crippen LogP) is 2.20. The summed E-state index contributed by atoms with van der Waals surface area (Å²) in [5.74, 6) is -0.258. The largest absolute Gasteiger partial charge is 0.481 e. The average Bonchev–Trinajstić information content (AvgIpc) is 2.64. The Labute approximate surface area is 100 Å². The Balaban J connectivity index is 2.23. The highest BCUT2D eigenvalue weighted by molar-refractivity contribution is 5.75. The van der Waals surface area contributed by atoms with Gasteiger partial charge in [0.2, 0.25) is 0 Å². The molecule has 0 radical (unpaired) electrons. The van der Waals surface area contributed by atoms with Gasteiger partial charge in [-0.1, -0.05) is 30.1 Å². The van der Waals surface area contributed by atoms with Crippen molar-refractivity contribution < 1.29 is 14.5 Å². The van der Waals surface area contributed by atoms with E-state index in [1.54, 1.807) is 6.92 Å². The summed E-state index contributed by atoms with van der Waals surface area (Å²) in [6.07, 6.45) is 3.96. The van der Waals surface area contributed by atoms with Crippen LogP contribution in [0.1, 0.15) is 44.0 Å². The summed E-state index contributed by atoms with van der Waals surface area (Å²) in [6.45, 7) is 3.92. The van der Waals surface area contributed by atoms with E-state index < -0.39 is 11.4 Å². The van der Waals surface area contributed by atoms with Crippen molar-refractivity contribution in [1.82, 2.24) is 10.3 Å². The van der Waals surface area contributed by atoms with Gasteiger partial charge >= 0.3 is 5.97 Å². The Morgan fingerprint density at radius 2 is 2.35 bits per heavy atom. The van der Waals surface area contributed by atoms with Crippen molar-refractivity contribution in [2.24, 2.45) is 11.3 Å². The van der Waals surface area contributed by atoms with Gasteiger partial charge in [-0.15, -0.1) is 0 Å². The third-order valence-electron chi connectivity index (χ3n) is 3.80. The molecule has 0 aromatic carbocycles. The second-order valence-electron chi connectivity index (χ2n) is 5.26. The summed E-state index contributed by atoms with van der Waals surface area (Å²) in [5.41, 5.74) is 0.700. The van der Waals surface area contributed by atoms with Crippen LogP contribution in [0.15, 0.2) is 4.63 Å². The molecule has 94 valence electrons. The Morgan fingerprint density at radius 3 is 2.88 bits per heavy atom. The highest BCUT2D eigenvalue weighted by Gasteiger charge is 2.43. The third kappa shape index (κ3) is 2.33. The molecule has 2 atom stereocenters. The summed E-state index contributed by atoms with van der Waals surface area (Å²) in [4.78, 5) is 11.6. The molecule has 1 N–H and O–H groups in total. The number of hydrogen-bond acceptors (Lipinski definition) is 4. The Kier molecular flexibility index (Phi) is 3.17. The molecule has 0 spiro atoms. The normalized spacial score (nSPS) is 29.2. The minimum absolute atomic E-state index is 0.433. The first-order valence-electron chi connectivity index (χ1n) is 6.05. The van der Waals surface area contributed by atoms with Crippen molar-refractivity contribution in [3.05, 3.63) is 11.4 Å². The van der Waals surface area contributed by atoms with Crippen LogP contribution in [0.4, 0.5) is 0 Å². The van der Waals surface area contributed by atoms with Gasteiger partial charge in [0.25, 0.3) is 0 Å². The number of carboxylic acid groups (broad SMARTS) is 1. The number of nitrogens with zero attached hydrogens (tertiary/aromatic N) is 2. The summed E-state index contributed by atoms with van der Waals surface area (Å²) in [5, 5.41) is 17.0. The summed E-state index contributed by atoms with van der Waals surface area (Å²) in [6, 6.07) is 0. The van der Waals surface area contributed by atoms with Gasteiger partial charge in [0, 0.05) is 6.42 Å². The molecule has 2 rings (SSSR count). The first-order chi connectivity index (χ1) is 8.03. The molecular weight excluding hydrogens is 220 g/mol. The molecule has 0 saturated heterocycles. The van der Waals surface area contributed by atoms with E-state index in [0.29, 0.717) is 30.1 Å². The topological polar surface area (TPSA) is 76.2 Å². The SMILES string of the molecule is Cc1nonc1CC1(C(=O)O)CCCC(C)C1. The van der Waals surface area contributed by atoms with Crippen LogP contribution in [-0.4, -0.2) is 21.4 Å². The molecule has 1 saturated carbocycles. The van der Waals surface area contributed by atoms with E-state index in [1.807, 2.05) is 0 Å². The number of carbonyl (C=O) groups is 1. The third-order valence-corrected chi connectivity index (χ3v) is 3.80. The maximum absolute atomic E-state index is 11.6. The van der Waals surface area contributed by atoms with Gasteiger partial charge in [-0.25, -0.2) is 4.63 Å². The molecule has 17 heavy (non-hydrogen) atoms. The van der Waals surface area contributed by atoms with Gasteiger partial charge in [-0.05, 0) is 25.7 Å². The summed E-state index contributed by atoms with van der Waals surface area (Å²) >= 11 is 0. The van der Waals surface area contributed by atoms with Crippen molar-refractivity contribution in [3.63, 3.8) is 0 Å². The molecule has 5 nitrogen and oxygen atoms in total. The quantitative estimate of drug-likeness (QED) is 0.873. The molecule has 2 unspecified atom stereocenters. The van der Waals surface area contributed by atoms with E-state index in [-0.39, 0.29) is 0 Å². The fourth-order valence-corrected chi connectivity index (χ4v) is 2.82. The number of carboxylic acids is 1. The van der Waals surface area contributed by atoms with Crippen molar-refractivity contribution in [1.29, 1.82) is 0 Å². The van der Waals surface area contributed by atoms with Crippen LogP contribution in [0.3, 0.4) is 0 Å². The minimum Gasteiger partial charge on any atom is -0.481 e. The van der Waals surface area contributed by atoms with Gasteiger partial charge in [0.1, 0.15) is 11.4 Å². The summed E-state index contributed by atoms with van der Waals surface area (Å²) in [7, 11) is 0. The monoisotopic (exact) mass is 238 g/mol. The predicted molar refractivity (Wildman–Crippen MR) is 60.4 cm³/mol. The highest BCUT2D eigenvalue weighted by atomic mass is 16.6. The summed E-state index contributed by atoms with van der Waals surface area (Å²) < 4.78 is 4.65. The molecular formula is C12H18N2O3. The molecule has 1 aromatic heterocycles. The van der Waals surface area contributed by atoms with E-state index >= 15 is 0 Å². The zero-order valence-corrected chi connectivity index (χ0v) is 10.3. The van der Waals surface area contributed by atoms with E-state index in [9.17, 15) is 9.90 Å². The lowest BCUT2D eigenvalue weighted by Crippen LogP contribution is -2.38. The zero-order valence-electron chi connectivity index (χ0n) is 10.3. The van der Waals surface area contributed by atoms with Crippen LogP contribution in [-0.2, 0) is 11.2 Å². The zero-order chi connectivity index (χ0) is 12.5. The van der Waals surface area contributed by atoms with E-state index in [0.717, 1.165) is 19.3 Å². The van der Waals surface area contributed by atoms with Gasteiger partial charge in [0.05, 0.1) is 5.41 Å². The Hall–Kier alpha value is -1.39. The average molecular weight is 238 g/mol. The highest BCUT2D eigenvalue weighted by Crippen LogP contribution is 2.42. The second kappa shape index (κ2) is 4.47. The van der Waals surface area contributed by atoms with Crippen LogP contribution < -0.4 is 0 Å². The van der Waals surface area contributed by atoms with Crippen LogP contribution in [0.2, 0.25) is 0 Å². The van der Waals surface area contributed by atoms with Crippen LogP contribution in [0.5, 0.6) is 0 Å². The van der Waals surface area contributed by atoms with Gasteiger partial charge in [0.15, 0.2) is 0 Å². The fourth-order valence-electron chi connectivity index (χ4n) is 2.82. The Bertz CT molecular complexity index is 416. The molecule has 0 bridgehead atoms. The van der Waals surface area contributed by atoms with Crippen molar-refractivity contribution in [2.75, 3.05) is 0 Å². The molecule has 1 aromatic rings. The minimum atomic E-state index is -0.716. The van der Waals surface area contributed by atoms with Crippen LogP contribution in [0, 0.1) is 18.3 Å². The van der Waals surface area contributed by atoms with Gasteiger partial charge in [-0.3, -0.25) is 4.79 Å². The van der Waals surface area contributed by atoms with Crippen molar-refractivity contribution >= 4 is 5.97 Å². The maximum atomic E-state index is 11.6. The van der Waals surface area contributed by atoms with E-state index in [4.69, 9.17) is 0 Å². The van der Waals surface area contributed by atoms with E-state index in [1.165, 1.54) is 0 Å². The smallest absolute Gasteiger partial charge is 0.310 e. The number of rotatable bonds is 3. The molecule has 1 aliphatic rings. The standard InChI is InChI=1S/C12H18N2O3/c1-8-4-3-5-12(6-8,11(15)16)7-10-9(2)13-17-14-10/h8H,3-7H2,1-2H3,(H,15,16). The molecule has 1 aliphatic carbocycles. The number of aromatic nitrogens is 2. The number of hydrogen-bond donors (Lipinski definition) is 1. The molecule has 1 heterocycles. The molecule has 0 amide bonds. The van der Waals surface area contributed by atoms with E-state index in [2.05, 4.69) is 21.9 Å². The second-order valence-corrected chi connectivity index (χ2v) is 5.26. The lowest BCUT2D eigenvalue weighted by Gasteiger charge is -2.35. The van der Waals surface area contributed by atoms with Crippen LogP contribution in [0.25, 0.3) is 0 Å².